The molecule has 3 aromatic rings. The molecule has 0 unspecified atom stereocenters. The normalized spacial score (nSPS) is 19.3. The second-order valence-corrected chi connectivity index (χ2v) is 12.5. The number of fused-ring (bicyclic) bond motifs is 1. The molecule has 4 atom stereocenters. The summed E-state index contributed by atoms with van der Waals surface area (Å²) in [5, 5.41) is 18.7. The Balaban J connectivity index is 1.56. The van der Waals surface area contributed by atoms with Crippen LogP contribution in [0.3, 0.4) is 0 Å². The predicted octanol–water partition coefficient (Wildman–Crippen LogP) is 6.30. The van der Waals surface area contributed by atoms with Crippen LogP contribution in [-0.4, -0.2) is 91.6 Å². The maximum atomic E-state index is 14.4. The van der Waals surface area contributed by atoms with Gasteiger partial charge in [0.15, 0.2) is 0 Å². The first-order valence-corrected chi connectivity index (χ1v) is 16.7. The molecular formula is C37H49N5O7. The summed E-state index contributed by atoms with van der Waals surface area (Å²) in [5.41, 5.74) is 1.94. The number of aliphatic hydroxyl groups is 1. The van der Waals surface area contributed by atoms with E-state index < -0.39 is 18.2 Å². The smallest absolute Gasteiger partial charge is 0.323 e. The van der Waals surface area contributed by atoms with Crippen LogP contribution in [-0.2, 0) is 4.74 Å². The average molecular weight is 676 g/mol. The van der Waals surface area contributed by atoms with Crippen LogP contribution < -0.4 is 25.4 Å². The van der Waals surface area contributed by atoms with E-state index in [9.17, 15) is 19.5 Å². The molecule has 49 heavy (non-hydrogen) atoms. The number of methoxy groups -OCH3 is 1. The summed E-state index contributed by atoms with van der Waals surface area (Å²) in [6.45, 7) is 6.43. The number of urea groups is 2. The molecule has 0 spiro atoms. The molecule has 12 heteroatoms. The third-order valence-corrected chi connectivity index (χ3v) is 8.48. The van der Waals surface area contributed by atoms with E-state index in [1.54, 1.807) is 85.5 Å². The summed E-state index contributed by atoms with van der Waals surface area (Å²) in [4.78, 5) is 43.5. The number of nitrogens with zero attached hydrogens (tertiary/aromatic N) is 2. The number of benzene rings is 3. The highest BCUT2D eigenvalue weighted by atomic mass is 16.5. The molecule has 0 radical (unpaired) electrons. The van der Waals surface area contributed by atoms with E-state index >= 15 is 0 Å². The van der Waals surface area contributed by atoms with Crippen LogP contribution in [0.2, 0.25) is 0 Å². The van der Waals surface area contributed by atoms with Gasteiger partial charge in [-0.2, -0.15) is 0 Å². The van der Waals surface area contributed by atoms with Gasteiger partial charge >= 0.3 is 12.1 Å². The number of aliphatic hydroxyl groups excluding tert-OH is 1. The van der Waals surface area contributed by atoms with E-state index in [4.69, 9.17) is 14.2 Å². The van der Waals surface area contributed by atoms with E-state index in [2.05, 4.69) is 16.0 Å². The summed E-state index contributed by atoms with van der Waals surface area (Å²) >= 11 is 0. The first-order valence-electron chi connectivity index (χ1n) is 16.7. The number of para-hydroxylation sites is 1. The number of ether oxygens (including phenoxy) is 3. The largest absolute Gasteiger partial charge is 0.497 e. The monoisotopic (exact) mass is 675 g/mol. The summed E-state index contributed by atoms with van der Waals surface area (Å²) in [6.07, 6.45) is 1.77. The van der Waals surface area contributed by atoms with Crippen molar-refractivity contribution in [2.24, 2.45) is 5.92 Å². The maximum absolute atomic E-state index is 14.4. The highest BCUT2D eigenvalue weighted by Gasteiger charge is 2.31. The molecule has 12 nitrogen and oxygen atoms in total. The van der Waals surface area contributed by atoms with Crippen molar-refractivity contribution >= 4 is 35.0 Å². The van der Waals surface area contributed by atoms with Crippen LogP contribution in [0.1, 0.15) is 50.4 Å². The number of amides is 5. The standard InChI is InChI=1S/C37H49N5O7/c1-25-22-42(26(2)24-43)35(44)32-21-30(39-36(45)38-28-12-7-6-8-13-28)16-19-33(32)49-27(3)11-9-10-20-48-34(25)23-41(4)37(46)40-29-14-17-31(47-5)18-15-29/h6-8,12-19,21,25-27,34,43H,9-11,20,22-24H2,1-5H3,(H,40,46)(H2,38,39,45)/t25-,26+,27-,34-/m1/s1. The summed E-state index contributed by atoms with van der Waals surface area (Å²) in [6, 6.07) is 19.8. The molecule has 0 aromatic heterocycles. The fraction of sp³-hybridized carbons (Fsp3) is 0.432. The number of nitrogens with one attached hydrogen (secondary N) is 3. The second-order valence-electron chi connectivity index (χ2n) is 12.5. The van der Waals surface area contributed by atoms with Crippen LogP contribution in [0.5, 0.6) is 11.5 Å². The van der Waals surface area contributed by atoms with Gasteiger partial charge in [0.05, 0.1) is 37.5 Å². The van der Waals surface area contributed by atoms with E-state index in [0.29, 0.717) is 35.2 Å². The second kappa shape index (κ2) is 18.1. The topological polar surface area (TPSA) is 142 Å². The molecule has 0 fully saturated rings. The van der Waals surface area contributed by atoms with Crippen molar-refractivity contribution in [3.05, 3.63) is 78.4 Å². The van der Waals surface area contributed by atoms with Crippen molar-refractivity contribution in [1.82, 2.24) is 9.80 Å². The summed E-state index contributed by atoms with van der Waals surface area (Å²) in [7, 11) is 3.29. The van der Waals surface area contributed by atoms with Gasteiger partial charge in [0.1, 0.15) is 11.5 Å². The minimum Gasteiger partial charge on any atom is -0.497 e. The van der Waals surface area contributed by atoms with Gasteiger partial charge in [-0.05, 0) is 87.7 Å². The van der Waals surface area contributed by atoms with Gasteiger partial charge in [0.2, 0.25) is 0 Å². The molecule has 5 amide bonds. The zero-order chi connectivity index (χ0) is 35.3. The molecule has 1 aliphatic heterocycles. The summed E-state index contributed by atoms with van der Waals surface area (Å²) in [5.74, 6) is 0.505. The number of anilines is 3. The Kier molecular flexibility index (Phi) is 13.7. The Morgan fingerprint density at radius 1 is 0.980 bits per heavy atom. The Labute approximate surface area is 288 Å². The molecule has 0 saturated carbocycles. The molecule has 0 aliphatic carbocycles. The van der Waals surface area contributed by atoms with Crippen LogP contribution in [0.4, 0.5) is 26.7 Å². The Hall–Kier alpha value is -4.81. The highest BCUT2D eigenvalue weighted by molar-refractivity contribution is 6.02. The van der Waals surface area contributed by atoms with Gasteiger partial charge in [-0.25, -0.2) is 9.59 Å². The number of likely N-dealkylation sites (N-methyl/N-ethyl adjacent to an activating group) is 1. The van der Waals surface area contributed by atoms with Crippen molar-refractivity contribution in [3.8, 4) is 11.5 Å². The fourth-order valence-corrected chi connectivity index (χ4v) is 5.52. The van der Waals surface area contributed by atoms with E-state index in [1.807, 2.05) is 32.0 Å². The molecule has 3 aromatic carbocycles. The molecule has 1 heterocycles. The van der Waals surface area contributed by atoms with Crippen LogP contribution in [0.15, 0.2) is 72.8 Å². The van der Waals surface area contributed by atoms with Crippen LogP contribution >= 0.6 is 0 Å². The molecule has 0 bridgehead atoms. The van der Waals surface area contributed by atoms with Crippen LogP contribution in [0, 0.1) is 5.92 Å². The Morgan fingerprint density at radius 2 is 1.65 bits per heavy atom. The summed E-state index contributed by atoms with van der Waals surface area (Å²) < 4.78 is 17.9. The van der Waals surface area contributed by atoms with Gasteiger partial charge in [-0.1, -0.05) is 25.1 Å². The van der Waals surface area contributed by atoms with Gasteiger partial charge < -0.3 is 45.1 Å². The van der Waals surface area contributed by atoms with Crippen molar-refractivity contribution in [2.45, 2.75) is 58.3 Å². The molecule has 4 N–H and O–H groups in total. The molecule has 1 aliphatic rings. The number of rotatable bonds is 8. The lowest BCUT2D eigenvalue weighted by Crippen LogP contribution is -2.48. The van der Waals surface area contributed by atoms with Crippen molar-refractivity contribution < 1.29 is 33.7 Å². The minimum absolute atomic E-state index is 0.194. The zero-order valence-corrected chi connectivity index (χ0v) is 29.0. The molecule has 4 rings (SSSR count). The third-order valence-electron chi connectivity index (χ3n) is 8.48. The van der Waals surface area contributed by atoms with E-state index in [1.165, 1.54) is 0 Å². The number of hydrogen-bond donors (Lipinski definition) is 4. The van der Waals surface area contributed by atoms with Gasteiger partial charge in [0, 0.05) is 49.7 Å². The van der Waals surface area contributed by atoms with Crippen molar-refractivity contribution in [1.29, 1.82) is 0 Å². The van der Waals surface area contributed by atoms with Gasteiger partial charge in [-0.15, -0.1) is 0 Å². The predicted molar refractivity (Wildman–Crippen MR) is 191 cm³/mol. The quantitative estimate of drug-likeness (QED) is 0.220. The Morgan fingerprint density at radius 3 is 2.35 bits per heavy atom. The first-order chi connectivity index (χ1) is 23.6. The number of carbonyl (C=O) groups excluding carboxylic acids is 3. The fourth-order valence-electron chi connectivity index (χ4n) is 5.52. The Bertz CT molecular complexity index is 1520. The molecule has 264 valence electrons. The van der Waals surface area contributed by atoms with E-state index in [-0.39, 0.29) is 49.2 Å². The lowest BCUT2D eigenvalue weighted by molar-refractivity contribution is -0.0115. The van der Waals surface area contributed by atoms with Crippen molar-refractivity contribution in [2.75, 3.05) is 56.4 Å². The lowest BCUT2D eigenvalue weighted by Gasteiger charge is -2.35. The van der Waals surface area contributed by atoms with E-state index in [0.717, 1.165) is 19.3 Å². The lowest BCUT2D eigenvalue weighted by atomic mass is 10.0. The molecular weight excluding hydrogens is 626 g/mol. The van der Waals surface area contributed by atoms with Crippen LogP contribution in [0.25, 0.3) is 0 Å². The SMILES string of the molecule is COc1ccc(NC(=O)N(C)C[C@H]2OCCCC[C@@H](C)Oc3ccc(NC(=O)Nc4ccccc4)cc3C(=O)N([C@@H](C)CO)C[C@H]2C)cc1. The third kappa shape index (κ3) is 10.8. The molecule has 0 saturated heterocycles. The zero-order valence-electron chi connectivity index (χ0n) is 29.0. The van der Waals surface area contributed by atoms with Gasteiger partial charge in [0.25, 0.3) is 5.91 Å². The maximum Gasteiger partial charge on any atom is 0.323 e. The number of hydrogen-bond acceptors (Lipinski definition) is 7. The average Bonchev–Trinajstić information content (AvgIpc) is 3.10. The van der Waals surface area contributed by atoms with Crippen molar-refractivity contribution in [3.63, 3.8) is 0 Å². The first kappa shape index (κ1) is 37.0. The number of carbonyl (C=O) groups is 3. The van der Waals surface area contributed by atoms with Gasteiger partial charge in [-0.3, -0.25) is 4.79 Å². The highest BCUT2D eigenvalue weighted by Crippen LogP contribution is 2.29. The minimum atomic E-state index is -0.539.